The molecule has 0 amide bonds. The Morgan fingerprint density at radius 1 is 1.35 bits per heavy atom. The van der Waals surface area contributed by atoms with Gasteiger partial charge in [0, 0.05) is 13.0 Å². The highest BCUT2D eigenvalue weighted by molar-refractivity contribution is 5.18. The monoisotopic (exact) mass is 282 g/mol. The molecule has 1 spiro atoms. The molecule has 0 radical (unpaired) electrons. The van der Waals surface area contributed by atoms with Gasteiger partial charge in [-0.25, -0.2) is 0 Å². The molecule has 6 atom stereocenters. The van der Waals surface area contributed by atoms with Gasteiger partial charge in [-0.05, 0) is 44.4 Å². The number of methoxy groups -OCH3 is 1. The van der Waals surface area contributed by atoms with Gasteiger partial charge in [0.2, 0.25) is 0 Å². The molecule has 0 N–H and O–H groups in total. The van der Waals surface area contributed by atoms with Crippen molar-refractivity contribution in [3.63, 3.8) is 0 Å². The summed E-state index contributed by atoms with van der Waals surface area (Å²) in [6, 6.07) is 0. The smallest absolute Gasteiger partial charge is 0.100 e. The fourth-order valence-corrected chi connectivity index (χ4v) is 4.43. The summed E-state index contributed by atoms with van der Waals surface area (Å²) in [5, 5.41) is 0. The molecule has 116 valence electrons. The van der Waals surface area contributed by atoms with Crippen molar-refractivity contribution in [3.05, 3.63) is 0 Å². The van der Waals surface area contributed by atoms with Crippen molar-refractivity contribution in [3.8, 4) is 0 Å². The van der Waals surface area contributed by atoms with Gasteiger partial charge >= 0.3 is 0 Å². The second-order valence-electron chi connectivity index (χ2n) is 7.81. The number of hydrogen-bond donors (Lipinski definition) is 0. The molecular formula is C17H30O3. The standard InChI is InChI=1S/C17H30O3/c1-11(2)6-7-13-16(4,20-13)15-14(18-5)12(3)8-9-17(15)10-19-17/h11-15H,6-10H2,1-5H3/t12?,13-,14+,15+,16+,17-/m0/s1. The van der Waals surface area contributed by atoms with Crippen LogP contribution >= 0.6 is 0 Å². The molecule has 0 aromatic heterocycles. The van der Waals surface area contributed by atoms with Gasteiger partial charge in [-0.2, -0.15) is 0 Å². The molecule has 2 heterocycles. The molecular weight excluding hydrogens is 252 g/mol. The molecule has 1 saturated carbocycles. The first-order chi connectivity index (χ1) is 9.43. The first-order valence-corrected chi connectivity index (χ1v) is 8.27. The van der Waals surface area contributed by atoms with E-state index >= 15 is 0 Å². The number of epoxide rings is 2. The maximum Gasteiger partial charge on any atom is 0.100 e. The molecule has 3 rings (SSSR count). The summed E-state index contributed by atoms with van der Waals surface area (Å²) in [6.07, 6.45) is 5.48. The van der Waals surface area contributed by atoms with Crippen LogP contribution in [0.3, 0.4) is 0 Å². The molecule has 3 fully saturated rings. The molecule has 0 aromatic carbocycles. The van der Waals surface area contributed by atoms with E-state index in [9.17, 15) is 0 Å². The van der Waals surface area contributed by atoms with Crippen LogP contribution < -0.4 is 0 Å². The van der Waals surface area contributed by atoms with Gasteiger partial charge in [0.25, 0.3) is 0 Å². The van der Waals surface area contributed by atoms with Gasteiger partial charge in [-0.1, -0.05) is 20.8 Å². The largest absolute Gasteiger partial charge is 0.381 e. The van der Waals surface area contributed by atoms with Crippen LogP contribution in [0.4, 0.5) is 0 Å². The summed E-state index contributed by atoms with van der Waals surface area (Å²) >= 11 is 0. The van der Waals surface area contributed by atoms with E-state index in [-0.39, 0.29) is 17.3 Å². The van der Waals surface area contributed by atoms with Gasteiger partial charge < -0.3 is 14.2 Å². The predicted molar refractivity (Wildman–Crippen MR) is 78.7 cm³/mol. The molecule has 20 heavy (non-hydrogen) atoms. The Balaban J connectivity index is 1.73. The lowest BCUT2D eigenvalue weighted by Gasteiger charge is -2.42. The van der Waals surface area contributed by atoms with Crippen LogP contribution in [0.5, 0.6) is 0 Å². The maximum atomic E-state index is 6.19. The molecule has 1 unspecified atom stereocenters. The summed E-state index contributed by atoms with van der Waals surface area (Å²) in [7, 11) is 1.85. The molecule has 3 aliphatic rings. The third kappa shape index (κ3) is 2.32. The van der Waals surface area contributed by atoms with Crippen LogP contribution in [0.15, 0.2) is 0 Å². The highest BCUT2D eigenvalue weighted by Gasteiger charge is 2.71. The van der Waals surface area contributed by atoms with Gasteiger partial charge in [0.05, 0.1) is 24.4 Å². The first kappa shape index (κ1) is 14.8. The molecule has 3 nitrogen and oxygen atoms in total. The van der Waals surface area contributed by atoms with Crippen molar-refractivity contribution < 1.29 is 14.2 Å². The highest BCUT2D eigenvalue weighted by Crippen LogP contribution is 2.60. The lowest BCUT2D eigenvalue weighted by Crippen LogP contribution is -2.52. The summed E-state index contributed by atoms with van der Waals surface area (Å²) in [5.74, 6) is 1.76. The minimum atomic E-state index is -0.0270. The molecule has 3 heteroatoms. The Morgan fingerprint density at radius 3 is 2.60 bits per heavy atom. The van der Waals surface area contributed by atoms with E-state index < -0.39 is 0 Å². The average Bonchev–Trinajstić information content (AvgIpc) is 3.29. The van der Waals surface area contributed by atoms with E-state index in [0.29, 0.717) is 17.9 Å². The van der Waals surface area contributed by atoms with Gasteiger partial charge in [-0.3, -0.25) is 0 Å². The number of ether oxygens (including phenoxy) is 3. The zero-order chi connectivity index (χ0) is 14.5. The van der Waals surface area contributed by atoms with Crippen molar-refractivity contribution in [1.82, 2.24) is 0 Å². The lowest BCUT2D eigenvalue weighted by molar-refractivity contribution is -0.0776. The van der Waals surface area contributed by atoms with E-state index in [1.54, 1.807) is 0 Å². The van der Waals surface area contributed by atoms with Crippen LogP contribution in [0.25, 0.3) is 0 Å². The van der Waals surface area contributed by atoms with Crippen molar-refractivity contribution in [2.24, 2.45) is 17.8 Å². The normalized spacial score (nSPS) is 50.7. The van der Waals surface area contributed by atoms with Crippen molar-refractivity contribution >= 4 is 0 Å². The quantitative estimate of drug-likeness (QED) is 0.725. The van der Waals surface area contributed by atoms with Gasteiger partial charge in [-0.15, -0.1) is 0 Å². The third-order valence-electron chi connectivity index (χ3n) is 5.87. The summed E-state index contributed by atoms with van der Waals surface area (Å²) < 4.78 is 18.0. The minimum absolute atomic E-state index is 0.0270. The predicted octanol–water partition coefficient (Wildman–Crippen LogP) is 3.41. The Bertz CT molecular complexity index is 363. The second-order valence-corrected chi connectivity index (χ2v) is 7.81. The van der Waals surface area contributed by atoms with E-state index in [1.807, 2.05) is 7.11 Å². The average molecular weight is 282 g/mol. The maximum absolute atomic E-state index is 6.19. The fraction of sp³-hybridized carbons (Fsp3) is 1.00. The van der Waals surface area contributed by atoms with Crippen LogP contribution in [0.2, 0.25) is 0 Å². The van der Waals surface area contributed by atoms with Crippen LogP contribution in [-0.4, -0.2) is 37.1 Å². The van der Waals surface area contributed by atoms with E-state index in [2.05, 4.69) is 27.7 Å². The summed E-state index contributed by atoms with van der Waals surface area (Å²) in [6.45, 7) is 10.1. The Hall–Kier alpha value is -0.120. The number of hydrogen-bond acceptors (Lipinski definition) is 3. The molecule has 1 aliphatic carbocycles. The van der Waals surface area contributed by atoms with Gasteiger partial charge in [0.15, 0.2) is 0 Å². The fourth-order valence-electron chi connectivity index (χ4n) is 4.43. The third-order valence-corrected chi connectivity index (χ3v) is 5.87. The molecule has 0 aromatic rings. The molecule has 2 aliphatic heterocycles. The Labute approximate surface area is 123 Å². The topological polar surface area (TPSA) is 34.3 Å². The lowest BCUT2D eigenvalue weighted by atomic mass is 9.66. The zero-order valence-electron chi connectivity index (χ0n) is 13.6. The van der Waals surface area contributed by atoms with E-state index in [0.717, 1.165) is 12.5 Å². The molecule has 2 saturated heterocycles. The van der Waals surface area contributed by atoms with Crippen LogP contribution in [0, 0.1) is 17.8 Å². The number of rotatable bonds is 5. The van der Waals surface area contributed by atoms with E-state index in [1.165, 1.54) is 25.7 Å². The van der Waals surface area contributed by atoms with Gasteiger partial charge in [0.1, 0.15) is 5.60 Å². The molecule has 0 bridgehead atoms. The van der Waals surface area contributed by atoms with Crippen molar-refractivity contribution in [1.29, 1.82) is 0 Å². The van der Waals surface area contributed by atoms with Crippen molar-refractivity contribution in [2.75, 3.05) is 13.7 Å². The Morgan fingerprint density at radius 2 is 2.05 bits per heavy atom. The summed E-state index contributed by atoms with van der Waals surface area (Å²) in [4.78, 5) is 0. The Kier molecular flexibility index (Phi) is 3.67. The minimum Gasteiger partial charge on any atom is -0.381 e. The van der Waals surface area contributed by atoms with Crippen LogP contribution in [-0.2, 0) is 14.2 Å². The first-order valence-electron chi connectivity index (χ1n) is 8.27. The highest BCUT2D eigenvalue weighted by atomic mass is 16.6. The van der Waals surface area contributed by atoms with Crippen molar-refractivity contribution in [2.45, 2.75) is 76.8 Å². The zero-order valence-corrected chi connectivity index (χ0v) is 13.6. The second kappa shape index (κ2) is 4.96. The SMILES string of the molecule is CO[C@@H]1C(C)CC[C@]2(CO2)[C@H]1[C@]1(C)O[C@H]1CCC(C)C. The van der Waals surface area contributed by atoms with Crippen LogP contribution in [0.1, 0.15) is 53.4 Å². The van der Waals surface area contributed by atoms with E-state index in [4.69, 9.17) is 14.2 Å². The summed E-state index contributed by atoms with van der Waals surface area (Å²) in [5.41, 5.74) is 0.0370.